The van der Waals surface area contributed by atoms with Crippen LogP contribution < -0.4 is 4.90 Å². The van der Waals surface area contributed by atoms with Gasteiger partial charge in [-0.2, -0.15) is 0 Å². The molecule has 0 unspecified atom stereocenters. The third-order valence-corrected chi connectivity index (χ3v) is 3.28. The Morgan fingerprint density at radius 3 is 2.45 bits per heavy atom. The Morgan fingerprint density at radius 2 is 1.90 bits per heavy atom. The molecule has 0 aliphatic heterocycles. The van der Waals surface area contributed by atoms with E-state index in [4.69, 9.17) is 11.6 Å². The van der Waals surface area contributed by atoms with Gasteiger partial charge in [-0.15, -0.1) is 0 Å². The Bertz CT molecular complexity index is 629. The Balaban J connectivity index is 2.43. The van der Waals surface area contributed by atoms with E-state index in [1.807, 2.05) is 24.3 Å². The van der Waals surface area contributed by atoms with Gasteiger partial charge in [0.1, 0.15) is 5.15 Å². The fourth-order valence-corrected chi connectivity index (χ4v) is 2.03. The highest BCUT2D eigenvalue weighted by atomic mass is 35.5. The minimum Gasteiger partial charge on any atom is -0.324 e. The average molecular weight is 292 g/mol. The van der Waals surface area contributed by atoms with Gasteiger partial charge in [-0.3, -0.25) is 10.1 Å². The molecular formula is C14H14ClN3O2. The minimum absolute atomic E-state index is 0.0727. The molecule has 0 saturated heterocycles. The molecule has 0 aliphatic rings. The second kappa shape index (κ2) is 5.88. The highest BCUT2D eigenvalue weighted by Gasteiger charge is 2.20. The standard InChI is InChI=1S/C14H14ClN3O2/c1-3-10-4-6-11(7-5-10)17(2)14-12(18(19)20)8-9-13(15)16-14/h4-9H,3H2,1-2H3. The Hall–Kier alpha value is -2.14. The molecular weight excluding hydrogens is 278 g/mol. The lowest BCUT2D eigenvalue weighted by molar-refractivity contribution is -0.384. The van der Waals surface area contributed by atoms with E-state index < -0.39 is 4.92 Å². The summed E-state index contributed by atoms with van der Waals surface area (Å²) in [4.78, 5) is 16.3. The third-order valence-electron chi connectivity index (χ3n) is 3.07. The van der Waals surface area contributed by atoms with Crippen molar-refractivity contribution in [3.63, 3.8) is 0 Å². The van der Waals surface area contributed by atoms with Crippen molar-refractivity contribution in [3.8, 4) is 0 Å². The van der Waals surface area contributed by atoms with Gasteiger partial charge in [0.2, 0.25) is 5.82 Å². The second-order valence-corrected chi connectivity index (χ2v) is 4.70. The van der Waals surface area contributed by atoms with Gasteiger partial charge in [0.05, 0.1) is 4.92 Å². The predicted octanol–water partition coefficient (Wildman–Crippen LogP) is 3.97. The lowest BCUT2D eigenvalue weighted by Crippen LogP contribution is -2.13. The molecule has 0 radical (unpaired) electrons. The van der Waals surface area contributed by atoms with Crippen LogP contribution in [0.2, 0.25) is 5.15 Å². The summed E-state index contributed by atoms with van der Waals surface area (Å²) in [6, 6.07) is 10.6. The summed E-state index contributed by atoms with van der Waals surface area (Å²) < 4.78 is 0. The van der Waals surface area contributed by atoms with Gasteiger partial charge in [0.15, 0.2) is 0 Å². The lowest BCUT2D eigenvalue weighted by atomic mass is 10.1. The fourth-order valence-electron chi connectivity index (χ4n) is 1.88. The number of hydrogen-bond acceptors (Lipinski definition) is 4. The van der Waals surface area contributed by atoms with Crippen LogP contribution in [-0.2, 0) is 6.42 Å². The third kappa shape index (κ3) is 2.88. The Labute approximate surface area is 122 Å². The molecule has 6 heteroatoms. The van der Waals surface area contributed by atoms with Crippen molar-refractivity contribution in [1.29, 1.82) is 0 Å². The van der Waals surface area contributed by atoms with Crippen molar-refractivity contribution in [2.45, 2.75) is 13.3 Å². The van der Waals surface area contributed by atoms with E-state index in [0.29, 0.717) is 0 Å². The normalized spacial score (nSPS) is 10.3. The van der Waals surface area contributed by atoms with Crippen molar-refractivity contribution in [3.05, 3.63) is 57.2 Å². The zero-order valence-corrected chi connectivity index (χ0v) is 12.0. The van der Waals surface area contributed by atoms with Gasteiger partial charge in [0, 0.05) is 18.8 Å². The summed E-state index contributed by atoms with van der Waals surface area (Å²) in [7, 11) is 1.73. The van der Waals surface area contributed by atoms with E-state index in [2.05, 4.69) is 11.9 Å². The van der Waals surface area contributed by atoms with E-state index in [0.717, 1.165) is 12.1 Å². The van der Waals surface area contributed by atoms with Gasteiger partial charge in [-0.1, -0.05) is 30.7 Å². The maximum absolute atomic E-state index is 11.1. The van der Waals surface area contributed by atoms with Crippen LogP contribution in [0.25, 0.3) is 0 Å². The van der Waals surface area contributed by atoms with Crippen LogP contribution in [0.5, 0.6) is 0 Å². The molecule has 0 N–H and O–H groups in total. The number of halogens is 1. The first kappa shape index (κ1) is 14.3. The maximum Gasteiger partial charge on any atom is 0.312 e. The number of benzene rings is 1. The summed E-state index contributed by atoms with van der Waals surface area (Å²) in [5.41, 5.74) is 1.95. The minimum atomic E-state index is -0.463. The van der Waals surface area contributed by atoms with Gasteiger partial charge in [0.25, 0.3) is 0 Å². The molecule has 0 fully saturated rings. The molecule has 0 saturated carbocycles. The van der Waals surface area contributed by atoms with Crippen molar-refractivity contribution in [2.75, 3.05) is 11.9 Å². The Kier molecular flexibility index (Phi) is 4.20. The van der Waals surface area contributed by atoms with Gasteiger partial charge < -0.3 is 4.90 Å². The molecule has 0 amide bonds. The first-order valence-electron chi connectivity index (χ1n) is 6.16. The molecule has 2 aromatic rings. The largest absolute Gasteiger partial charge is 0.324 e. The fraction of sp³-hybridized carbons (Fsp3) is 0.214. The molecule has 1 aromatic carbocycles. The number of pyridine rings is 1. The van der Waals surface area contributed by atoms with Crippen LogP contribution in [0, 0.1) is 10.1 Å². The van der Waals surface area contributed by atoms with E-state index in [-0.39, 0.29) is 16.7 Å². The number of rotatable bonds is 4. The maximum atomic E-state index is 11.1. The highest BCUT2D eigenvalue weighted by Crippen LogP contribution is 2.31. The van der Waals surface area contributed by atoms with Crippen LogP contribution in [0.1, 0.15) is 12.5 Å². The summed E-state index contributed by atoms with van der Waals surface area (Å²) in [5.74, 6) is 0.228. The molecule has 20 heavy (non-hydrogen) atoms. The van der Waals surface area contributed by atoms with E-state index in [1.54, 1.807) is 11.9 Å². The summed E-state index contributed by atoms with van der Waals surface area (Å²) in [5, 5.41) is 11.3. The number of hydrogen-bond donors (Lipinski definition) is 0. The molecule has 5 nitrogen and oxygen atoms in total. The molecule has 1 heterocycles. The van der Waals surface area contributed by atoms with Crippen LogP contribution in [0.4, 0.5) is 17.2 Å². The number of nitro groups is 1. The van der Waals surface area contributed by atoms with Gasteiger partial charge in [-0.05, 0) is 30.2 Å². The average Bonchev–Trinajstić information content (AvgIpc) is 2.46. The predicted molar refractivity (Wildman–Crippen MR) is 79.8 cm³/mol. The van der Waals surface area contributed by atoms with Crippen LogP contribution in [-0.4, -0.2) is 17.0 Å². The quantitative estimate of drug-likeness (QED) is 0.486. The second-order valence-electron chi connectivity index (χ2n) is 4.31. The van der Waals surface area contributed by atoms with Crippen LogP contribution in [0.15, 0.2) is 36.4 Å². The molecule has 0 aliphatic carbocycles. The first-order chi connectivity index (χ1) is 9.52. The molecule has 1 aromatic heterocycles. The van der Waals surface area contributed by atoms with Crippen molar-refractivity contribution < 1.29 is 4.92 Å². The Morgan fingerprint density at radius 1 is 1.25 bits per heavy atom. The van der Waals surface area contributed by atoms with E-state index in [9.17, 15) is 10.1 Å². The molecule has 0 atom stereocenters. The lowest BCUT2D eigenvalue weighted by Gasteiger charge is -2.18. The van der Waals surface area contributed by atoms with Crippen molar-refractivity contribution in [2.24, 2.45) is 0 Å². The van der Waals surface area contributed by atoms with Gasteiger partial charge in [-0.25, -0.2) is 4.98 Å². The smallest absolute Gasteiger partial charge is 0.312 e. The van der Waals surface area contributed by atoms with Gasteiger partial charge >= 0.3 is 5.69 Å². The number of aromatic nitrogens is 1. The molecule has 0 spiro atoms. The van der Waals surface area contributed by atoms with Crippen molar-refractivity contribution >= 4 is 28.8 Å². The monoisotopic (exact) mass is 291 g/mol. The first-order valence-corrected chi connectivity index (χ1v) is 6.54. The van der Waals surface area contributed by atoms with Crippen LogP contribution in [0.3, 0.4) is 0 Å². The molecule has 104 valence electrons. The SMILES string of the molecule is CCc1ccc(N(C)c2nc(Cl)ccc2[N+](=O)[O-])cc1. The number of nitrogens with zero attached hydrogens (tertiary/aromatic N) is 3. The van der Waals surface area contributed by atoms with E-state index in [1.165, 1.54) is 17.7 Å². The summed E-state index contributed by atoms with van der Waals surface area (Å²) >= 11 is 5.84. The topological polar surface area (TPSA) is 59.3 Å². The zero-order chi connectivity index (χ0) is 14.7. The summed E-state index contributed by atoms with van der Waals surface area (Å²) in [6.45, 7) is 2.07. The molecule has 2 rings (SSSR count). The van der Waals surface area contributed by atoms with Crippen molar-refractivity contribution in [1.82, 2.24) is 4.98 Å². The van der Waals surface area contributed by atoms with Crippen LogP contribution >= 0.6 is 11.6 Å². The summed E-state index contributed by atoms with van der Waals surface area (Å²) in [6.07, 6.45) is 0.944. The van der Waals surface area contributed by atoms with E-state index >= 15 is 0 Å². The number of anilines is 2. The highest BCUT2D eigenvalue weighted by molar-refractivity contribution is 6.29. The zero-order valence-electron chi connectivity index (χ0n) is 11.2. The number of aryl methyl sites for hydroxylation is 1. The molecule has 0 bridgehead atoms.